The van der Waals surface area contributed by atoms with Crippen LogP contribution >= 0.6 is 0 Å². The molecule has 1 aromatic carbocycles. The van der Waals surface area contributed by atoms with E-state index in [1.807, 2.05) is 25.2 Å². The largest absolute Gasteiger partial charge is 0.355 e. The molecule has 0 saturated carbocycles. The molecular weight excluding hydrogens is 302 g/mol. The second kappa shape index (κ2) is 7.32. The van der Waals surface area contributed by atoms with E-state index < -0.39 is 0 Å². The molecule has 0 spiro atoms. The molecule has 1 saturated heterocycles. The van der Waals surface area contributed by atoms with Crippen LogP contribution in [0.2, 0.25) is 0 Å². The molecule has 0 radical (unpaired) electrons. The average molecular weight is 329 g/mol. The van der Waals surface area contributed by atoms with Crippen LogP contribution in [0.4, 0.5) is 0 Å². The van der Waals surface area contributed by atoms with Crippen LogP contribution < -0.4 is 5.32 Å². The number of benzene rings is 1. The first-order valence-electron chi connectivity index (χ1n) is 8.60. The highest BCUT2D eigenvalue weighted by Gasteiger charge is 2.25. The Bertz CT molecular complexity index is 708. The van der Waals surface area contributed by atoms with E-state index in [-0.39, 0.29) is 5.91 Å². The number of imidazole rings is 1. The van der Waals surface area contributed by atoms with Gasteiger partial charge in [-0.2, -0.15) is 0 Å². The normalized spacial score (nSPS) is 18.6. The van der Waals surface area contributed by atoms with Crippen LogP contribution in [0.3, 0.4) is 0 Å². The van der Waals surface area contributed by atoms with Gasteiger partial charge in [-0.1, -0.05) is 12.1 Å². The van der Waals surface area contributed by atoms with Crippen molar-refractivity contribution in [1.82, 2.24) is 24.7 Å². The van der Waals surface area contributed by atoms with Crippen LogP contribution in [0.1, 0.15) is 12.2 Å². The monoisotopic (exact) mass is 329 g/mol. The van der Waals surface area contributed by atoms with Gasteiger partial charge in [0.15, 0.2) is 0 Å². The van der Waals surface area contributed by atoms with Crippen molar-refractivity contribution in [2.75, 3.05) is 40.3 Å². The molecule has 1 amide bonds. The quantitative estimate of drug-likeness (QED) is 0.854. The first-order valence-corrected chi connectivity index (χ1v) is 8.60. The number of aromatic nitrogens is 2. The maximum absolute atomic E-state index is 12.1. The number of nitrogens with one attached hydrogen (secondary N) is 1. The summed E-state index contributed by atoms with van der Waals surface area (Å²) in [6, 6.07) is 8.67. The van der Waals surface area contributed by atoms with E-state index in [0.29, 0.717) is 19.1 Å². The van der Waals surface area contributed by atoms with E-state index in [2.05, 4.69) is 44.8 Å². The third-order valence-corrected chi connectivity index (χ3v) is 4.90. The van der Waals surface area contributed by atoms with E-state index in [1.54, 1.807) is 0 Å². The Morgan fingerprint density at radius 3 is 2.88 bits per heavy atom. The molecule has 0 bridgehead atoms. The maximum atomic E-state index is 12.1. The standard InChI is InChI=1S/C18H27N5O/c1-21(2)14-9-11-23(12-14)13-18(24)19-10-8-17-20-15-6-4-5-7-16(15)22(17)3/h4-7,14H,8-13H2,1-3H3,(H,19,24)/t14-/m0/s1. The van der Waals surface area contributed by atoms with Crippen LogP contribution in [0.15, 0.2) is 24.3 Å². The van der Waals surface area contributed by atoms with Crippen molar-refractivity contribution in [3.63, 3.8) is 0 Å². The van der Waals surface area contributed by atoms with Gasteiger partial charge < -0.3 is 14.8 Å². The molecule has 1 atom stereocenters. The van der Waals surface area contributed by atoms with Gasteiger partial charge in [0.05, 0.1) is 17.6 Å². The van der Waals surface area contributed by atoms with Crippen molar-refractivity contribution >= 4 is 16.9 Å². The van der Waals surface area contributed by atoms with E-state index in [0.717, 1.165) is 42.8 Å². The lowest BCUT2D eigenvalue weighted by molar-refractivity contribution is -0.122. The molecule has 1 aliphatic rings. The average Bonchev–Trinajstić information content (AvgIpc) is 3.13. The molecule has 1 N–H and O–H groups in total. The van der Waals surface area contributed by atoms with E-state index in [4.69, 9.17) is 0 Å². The summed E-state index contributed by atoms with van der Waals surface area (Å²) in [5.74, 6) is 1.11. The first kappa shape index (κ1) is 16.9. The number of amides is 1. The van der Waals surface area contributed by atoms with E-state index in [9.17, 15) is 4.79 Å². The molecule has 1 fully saturated rings. The number of carbonyl (C=O) groups excluding carboxylic acids is 1. The van der Waals surface area contributed by atoms with Crippen molar-refractivity contribution in [2.45, 2.75) is 18.9 Å². The summed E-state index contributed by atoms with van der Waals surface area (Å²) >= 11 is 0. The van der Waals surface area contributed by atoms with Gasteiger partial charge in [-0.3, -0.25) is 9.69 Å². The molecule has 2 aromatic rings. The molecule has 0 unspecified atom stereocenters. The smallest absolute Gasteiger partial charge is 0.234 e. The number of nitrogens with zero attached hydrogens (tertiary/aromatic N) is 4. The number of para-hydroxylation sites is 2. The number of rotatable bonds is 6. The fourth-order valence-electron chi connectivity index (χ4n) is 3.37. The summed E-state index contributed by atoms with van der Waals surface area (Å²) in [4.78, 5) is 21.2. The van der Waals surface area contributed by atoms with Gasteiger partial charge in [0, 0.05) is 39.1 Å². The minimum absolute atomic E-state index is 0.105. The predicted octanol–water partition coefficient (Wildman–Crippen LogP) is 0.868. The Labute approximate surface area is 143 Å². The topological polar surface area (TPSA) is 53.4 Å². The van der Waals surface area contributed by atoms with Gasteiger partial charge in [-0.25, -0.2) is 4.98 Å². The van der Waals surface area contributed by atoms with Crippen molar-refractivity contribution in [3.05, 3.63) is 30.1 Å². The molecule has 2 heterocycles. The maximum Gasteiger partial charge on any atom is 0.234 e. The van der Waals surface area contributed by atoms with Crippen molar-refractivity contribution in [3.8, 4) is 0 Å². The van der Waals surface area contributed by atoms with Crippen LogP contribution in [-0.2, 0) is 18.3 Å². The number of hydrogen-bond donors (Lipinski definition) is 1. The molecule has 6 heteroatoms. The van der Waals surface area contributed by atoms with Gasteiger partial charge in [-0.05, 0) is 32.6 Å². The van der Waals surface area contributed by atoms with Crippen LogP contribution in [0, 0.1) is 0 Å². The highest BCUT2D eigenvalue weighted by molar-refractivity contribution is 5.78. The minimum Gasteiger partial charge on any atom is -0.355 e. The zero-order valence-corrected chi connectivity index (χ0v) is 14.8. The summed E-state index contributed by atoms with van der Waals surface area (Å²) < 4.78 is 2.10. The summed E-state index contributed by atoms with van der Waals surface area (Å²) in [5.41, 5.74) is 2.14. The van der Waals surface area contributed by atoms with Gasteiger partial charge in [-0.15, -0.1) is 0 Å². The van der Waals surface area contributed by atoms with Crippen LogP contribution in [0.25, 0.3) is 11.0 Å². The lowest BCUT2D eigenvalue weighted by Gasteiger charge is -2.20. The number of hydrogen-bond acceptors (Lipinski definition) is 4. The van der Waals surface area contributed by atoms with Crippen molar-refractivity contribution < 1.29 is 4.79 Å². The molecule has 1 aliphatic heterocycles. The van der Waals surface area contributed by atoms with Gasteiger partial charge in [0.2, 0.25) is 5.91 Å². The highest BCUT2D eigenvalue weighted by atomic mass is 16.2. The molecule has 0 aliphatic carbocycles. The number of likely N-dealkylation sites (N-methyl/N-ethyl adjacent to an activating group) is 1. The molecule has 1 aromatic heterocycles. The fraction of sp³-hybridized carbons (Fsp3) is 0.556. The Balaban J connectivity index is 1.46. The van der Waals surface area contributed by atoms with E-state index in [1.165, 1.54) is 0 Å². The Hall–Kier alpha value is -1.92. The summed E-state index contributed by atoms with van der Waals surface area (Å²) in [7, 11) is 6.23. The molecular formula is C18H27N5O. The SMILES string of the molecule is CN(C)[C@H]1CCN(CC(=O)NCCc2nc3ccccc3n2C)C1. The van der Waals surface area contributed by atoms with Crippen molar-refractivity contribution in [1.29, 1.82) is 0 Å². The van der Waals surface area contributed by atoms with Gasteiger partial charge >= 0.3 is 0 Å². The van der Waals surface area contributed by atoms with Gasteiger partial charge in [0.25, 0.3) is 0 Å². The molecule has 3 rings (SSSR count). The third-order valence-electron chi connectivity index (χ3n) is 4.90. The number of fused-ring (bicyclic) bond motifs is 1. The highest BCUT2D eigenvalue weighted by Crippen LogP contribution is 2.14. The fourth-order valence-corrected chi connectivity index (χ4v) is 3.37. The second-order valence-corrected chi connectivity index (χ2v) is 6.82. The third kappa shape index (κ3) is 3.76. The van der Waals surface area contributed by atoms with E-state index >= 15 is 0 Å². The number of aryl methyl sites for hydroxylation is 1. The summed E-state index contributed by atoms with van der Waals surface area (Å²) in [6.45, 7) is 3.10. The summed E-state index contributed by atoms with van der Waals surface area (Å²) in [6.07, 6.45) is 1.89. The number of carbonyl (C=O) groups is 1. The molecule has 130 valence electrons. The van der Waals surface area contributed by atoms with Crippen molar-refractivity contribution in [2.24, 2.45) is 7.05 Å². The second-order valence-electron chi connectivity index (χ2n) is 6.82. The lowest BCUT2D eigenvalue weighted by Crippen LogP contribution is -2.38. The van der Waals surface area contributed by atoms with Crippen LogP contribution in [0.5, 0.6) is 0 Å². The number of likely N-dealkylation sites (tertiary alicyclic amines) is 1. The molecule has 6 nitrogen and oxygen atoms in total. The minimum atomic E-state index is 0.105. The zero-order chi connectivity index (χ0) is 17.1. The van der Waals surface area contributed by atoms with Gasteiger partial charge in [0.1, 0.15) is 5.82 Å². The zero-order valence-electron chi connectivity index (χ0n) is 14.8. The first-order chi connectivity index (χ1) is 11.5. The Morgan fingerprint density at radius 2 is 2.17 bits per heavy atom. The Morgan fingerprint density at radius 1 is 1.38 bits per heavy atom. The van der Waals surface area contributed by atoms with Crippen LogP contribution in [-0.4, -0.2) is 71.6 Å². The lowest BCUT2D eigenvalue weighted by atomic mass is 10.2. The summed E-state index contributed by atoms with van der Waals surface area (Å²) in [5, 5.41) is 3.03. The Kier molecular flexibility index (Phi) is 5.16. The predicted molar refractivity (Wildman–Crippen MR) is 96.0 cm³/mol. The molecule has 24 heavy (non-hydrogen) atoms.